The molecule has 1 amide bonds. The molecule has 0 unspecified atom stereocenters. The molecule has 3 heterocycles. The predicted molar refractivity (Wildman–Crippen MR) is 118 cm³/mol. The Kier molecular flexibility index (Phi) is 5.90. The van der Waals surface area contributed by atoms with Crippen molar-refractivity contribution in [2.24, 2.45) is 0 Å². The van der Waals surface area contributed by atoms with E-state index in [1.165, 1.54) is 5.56 Å². The van der Waals surface area contributed by atoms with Gasteiger partial charge in [0.25, 0.3) is 5.91 Å². The van der Waals surface area contributed by atoms with Crippen molar-refractivity contribution in [3.63, 3.8) is 0 Å². The smallest absolute Gasteiger partial charge is 0.264 e. The Morgan fingerprint density at radius 2 is 2.07 bits per heavy atom. The first-order valence-corrected chi connectivity index (χ1v) is 12.8. The Bertz CT molecular complexity index is 823. The third-order valence-corrected chi connectivity index (χ3v) is 10.5. The zero-order valence-corrected chi connectivity index (χ0v) is 19.0. The minimum absolute atomic E-state index is 0.120. The summed E-state index contributed by atoms with van der Waals surface area (Å²) >= 11 is 1.56. The number of fused-ring (bicyclic) bond motifs is 1. The van der Waals surface area contributed by atoms with Crippen LogP contribution in [0.3, 0.4) is 0 Å². The molecule has 1 aliphatic rings. The molecule has 2 aromatic rings. The molecule has 0 bridgehead atoms. The maximum absolute atomic E-state index is 13.2. The number of hydrogen-bond donors (Lipinski definition) is 0. The molecular formula is C21H32N2O2S2. The molecule has 3 rings (SSSR count). The van der Waals surface area contributed by atoms with Gasteiger partial charge in [0.15, 0.2) is 0 Å². The number of carbonyl (C=O) groups excluding carboxylic acids is 1. The number of likely N-dealkylation sites (tertiary alicyclic amines) is 1. The first-order valence-electron chi connectivity index (χ1n) is 9.64. The van der Waals surface area contributed by atoms with Gasteiger partial charge in [-0.3, -0.25) is 9.78 Å². The van der Waals surface area contributed by atoms with Crippen molar-refractivity contribution >= 4 is 37.8 Å². The van der Waals surface area contributed by atoms with Gasteiger partial charge < -0.3 is 9.08 Å². The number of hydrogen-bond acceptors (Lipinski definition) is 4. The van der Waals surface area contributed by atoms with Crippen LogP contribution in [0.2, 0.25) is 0 Å². The van der Waals surface area contributed by atoms with Crippen molar-refractivity contribution in [1.29, 1.82) is 0 Å². The quantitative estimate of drug-likeness (QED) is 0.683. The van der Waals surface area contributed by atoms with E-state index in [1.54, 1.807) is 11.3 Å². The molecule has 0 radical (unpaired) electrons. The minimum atomic E-state index is -1.20. The Morgan fingerprint density at radius 3 is 2.74 bits per heavy atom. The standard InChI is InChI=1S/C21H32N2O2S2/c1-15-10-11-22-17-13-18(26-19(15)17)20(24)23-12-8-7-9-16(14-23)25-27(5,6)21(2,3)4/h10-11,13,16H,7-9,12,14H2,1-6H3/t16-/m1/s1. The zero-order valence-electron chi connectivity index (χ0n) is 17.4. The van der Waals surface area contributed by atoms with Gasteiger partial charge in [0.05, 0.1) is 21.2 Å². The van der Waals surface area contributed by atoms with Crippen molar-refractivity contribution in [2.45, 2.75) is 57.8 Å². The molecular weight excluding hydrogens is 376 g/mol. The van der Waals surface area contributed by atoms with E-state index in [4.69, 9.17) is 4.18 Å². The first kappa shape index (κ1) is 20.6. The number of nitrogens with zero attached hydrogens (tertiary/aromatic N) is 2. The average molecular weight is 409 g/mol. The molecule has 2 aromatic heterocycles. The Morgan fingerprint density at radius 1 is 1.33 bits per heavy atom. The van der Waals surface area contributed by atoms with Gasteiger partial charge in [-0.25, -0.2) is 0 Å². The summed E-state index contributed by atoms with van der Waals surface area (Å²) < 4.78 is 7.84. The summed E-state index contributed by atoms with van der Waals surface area (Å²) in [6.07, 6.45) is 9.60. The van der Waals surface area contributed by atoms with Gasteiger partial charge in [0, 0.05) is 24.0 Å². The third kappa shape index (κ3) is 4.49. The van der Waals surface area contributed by atoms with Crippen LogP contribution >= 0.6 is 21.6 Å². The lowest BCUT2D eigenvalue weighted by atomic mass is 10.2. The second-order valence-electron chi connectivity index (χ2n) is 8.76. The van der Waals surface area contributed by atoms with Gasteiger partial charge in [-0.1, -0.05) is 20.8 Å². The molecule has 150 valence electrons. The Balaban J connectivity index is 1.78. The fourth-order valence-electron chi connectivity index (χ4n) is 3.18. The van der Waals surface area contributed by atoms with E-state index in [0.29, 0.717) is 6.54 Å². The second kappa shape index (κ2) is 7.72. The largest absolute Gasteiger partial charge is 0.335 e. The maximum atomic E-state index is 13.2. The summed E-state index contributed by atoms with van der Waals surface area (Å²) in [7, 11) is -1.20. The van der Waals surface area contributed by atoms with E-state index in [2.05, 4.69) is 45.2 Å². The number of rotatable bonds is 3. The van der Waals surface area contributed by atoms with Crippen molar-refractivity contribution in [3.8, 4) is 0 Å². The van der Waals surface area contributed by atoms with Crippen molar-refractivity contribution in [1.82, 2.24) is 9.88 Å². The number of carbonyl (C=O) groups is 1. The lowest BCUT2D eigenvalue weighted by Gasteiger charge is -2.46. The predicted octanol–water partition coefficient (Wildman–Crippen LogP) is 5.39. The molecule has 27 heavy (non-hydrogen) atoms. The normalized spacial score (nSPS) is 19.9. The fraction of sp³-hybridized carbons (Fsp3) is 0.619. The zero-order chi connectivity index (χ0) is 19.8. The lowest BCUT2D eigenvalue weighted by Crippen LogP contribution is -2.39. The topological polar surface area (TPSA) is 42.4 Å². The Hall–Kier alpha value is -1.11. The van der Waals surface area contributed by atoms with Crippen molar-refractivity contribution in [2.75, 3.05) is 25.6 Å². The van der Waals surface area contributed by atoms with Crippen LogP contribution in [0.4, 0.5) is 0 Å². The molecule has 6 heteroatoms. The highest BCUT2D eigenvalue weighted by Crippen LogP contribution is 2.55. The average Bonchev–Trinajstić information content (AvgIpc) is 2.88. The van der Waals surface area contributed by atoms with Crippen LogP contribution in [-0.4, -0.2) is 52.2 Å². The molecule has 1 saturated heterocycles. The number of aromatic nitrogens is 1. The summed E-state index contributed by atoms with van der Waals surface area (Å²) in [4.78, 5) is 20.4. The fourth-order valence-corrected chi connectivity index (χ4v) is 5.35. The van der Waals surface area contributed by atoms with Gasteiger partial charge in [0.1, 0.15) is 0 Å². The van der Waals surface area contributed by atoms with Gasteiger partial charge in [-0.2, -0.15) is 0 Å². The minimum Gasteiger partial charge on any atom is -0.335 e. The molecule has 1 atom stereocenters. The van der Waals surface area contributed by atoms with E-state index in [1.807, 2.05) is 23.2 Å². The second-order valence-corrected chi connectivity index (χ2v) is 13.7. The van der Waals surface area contributed by atoms with Gasteiger partial charge in [-0.05, 0) is 56.4 Å². The molecule has 0 aliphatic carbocycles. The van der Waals surface area contributed by atoms with Crippen LogP contribution in [-0.2, 0) is 4.18 Å². The van der Waals surface area contributed by atoms with Crippen LogP contribution in [0.5, 0.6) is 0 Å². The summed E-state index contributed by atoms with van der Waals surface area (Å²) in [5.41, 5.74) is 2.10. The maximum Gasteiger partial charge on any atom is 0.264 e. The summed E-state index contributed by atoms with van der Waals surface area (Å²) in [5.74, 6) is 0.122. The number of amides is 1. The van der Waals surface area contributed by atoms with E-state index in [9.17, 15) is 4.79 Å². The summed E-state index contributed by atoms with van der Waals surface area (Å²) in [6.45, 7) is 10.3. The van der Waals surface area contributed by atoms with E-state index < -0.39 is 10.3 Å². The summed E-state index contributed by atoms with van der Waals surface area (Å²) in [5, 5.41) is 0. The van der Waals surface area contributed by atoms with Crippen LogP contribution in [0.1, 0.15) is 55.3 Å². The first-order chi connectivity index (χ1) is 12.6. The molecule has 1 aliphatic heterocycles. The van der Waals surface area contributed by atoms with Gasteiger partial charge >= 0.3 is 0 Å². The van der Waals surface area contributed by atoms with Crippen molar-refractivity contribution in [3.05, 3.63) is 28.8 Å². The van der Waals surface area contributed by atoms with Crippen LogP contribution < -0.4 is 0 Å². The van der Waals surface area contributed by atoms with Crippen LogP contribution in [0.15, 0.2) is 18.3 Å². The molecule has 0 aromatic carbocycles. The van der Waals surface area contributed by atoms with Crippen molar-refractivity contribution < 1.29 is 8.98 Å². The monoisotopic (exact) mass is 408 g/mol. The molecule has 4 nitrogen and oxygen atoms in total. The number of thiophene rings is 1. The van der Waals surface area contributed by atoms with E-state index in [0.717, 1.165) is 40.9 Å². The van der Waals surface area contributed by atoms with Gasteiger partial charge in [0.2, 0.25) is 0 Å². The number of aryl methyl sites for hydroxylation is 1. The molecule has 0 spiro atoms. The highest BCUT2D eigenvalue weighted by molar-refractivity contribution is 8.29. The molecule has 0 N–H and O–H groups in total. The van der Waals surface area contributed by atoms with E-state index >= 15 is 0 Å². The van der Waals surface area contributed by atoms with Crippen LogP contribution in [0.25, 0.3) is 10.2 Å². The lowest BCUT2D eigenvalue weighted by molar-refractivity contribution is 0.0701. The highest BCUT2D eigenvalue weighted by Gasteiger charge is 2.33. The van der Waals surface area contributed by atoms with Crippen LogP contribution in [0, 0.1) is 6.92 Å². The summed E-state index contributed by atoms with van der Waals surface area (Å²) in [6, 6.07) is 3.95. The molecule has 0 saturated carbocycles. The highest BCUT2D eigenvalue weighted by atomic mass is 32.3. The van der Waals surface area contributed by atoms with E-state index in [-0.39, 0.29) is 16.8 Å². The number of pyridine rings is 1. The Labute approximate surface area is 168 Å². The molecule has 1 fully saturated rings. The third-order valence-electron chi connectivity index (χ3n) is 5.59. The SMILES string of the molecule is Cc1ccnc2cc(C(=O)N3CCCC[C@@H](OS(C)(C)C(C)(C)C)C3)sc12. The van der Waals surface area contributed by atoms with Gasteiger partial charge in [-0.15, -0.1) is 21.6 Å².